The number of hydrogen-bond acceptors (Lipinski definition) is 4. The predicted octanol–water partition coefficient (Wildman–Crippen LogP) is 1.36. The molecular formula is C21H33N2O4+. The smallest absolute Gasteiger partial charge is 0.251 e. The average molecular weight is 378 g/mol. The van der Waals surface area contributed by atoms with Crippen LogP contribution in [0.15, 0.2) is 12.1 Å². The average Bonchev–Trinajstić information content (AvgIpc) is 2.73. The van der Waals surface area contributed by atoms with Crippen molar-refractivity contribution < 1.29 is 23.9 Å². The fraction of sp³-hybridized carbons (Fsp3) is 0.667. The van der Waals surface area contributed by atoms with Gasteiger partial charge in [-0.2, -0.15) is 0 Å². The molecule has 2 N–H and O–H groups in total. The molecule has 6 heteroatoms. The van der Waals surface area contributed by atoms with Crippen molar-refractivity contribution in [1.29, 1.82) is 0 Å². The normalized spacial score (nSPS) is 20.1. The Morgan fingerprint density at radius 3 is 2.26 bits per heavy atom. The van der Waals surface area contributed by atoms with E-state index in [0.29, 0.717) is 23.6 Å². The van der Waals surface area contributed by atoms with Gasteiger partial charge in [0.1, 0.15) is 30.1 Å². The van der Waals surface area contributed by atoms with Gasteiger partial charge in [0.25, 0.3) is 5.91 Å². The summed E-state index contributed by atoms with van der Waals surface area (Å²) in [6, 6.07) is 3.59. The summed E-state index contributed by atoms with van der Waals surface area (Å²) in [5.74, 6) is 1.28. The molecule has 0 bridgehead atoms. The molecule has 0 radical (unpaired) electrons. The van der Waals surface area contributed by atoms with Gasteiger partial charge >= 0.3 is 0 Å². The number of morpholine rings is 1. The second-order valence-corrected chi connectivity index (χ2v) is 7.75. The van der Waals surface area contributed by atoms with Crippen LogP contribution < -0.4 is 19.7 Å². The van der Waals surface area contributed by atoms with Crippen LogP contribution in [0.3, 0.4) is 0 Å². The first-order valence-electron chi connectivity index (χ1n) is 10.0. The third-order valence-corrected chi connectivity index (χ3v) is 6.26. The number of ether oxygens (including phenoxy) is 3. The van der Waals surface area contributed by atoms with Gasteiger partial charge in [-0.05, 0) is 31.9 Å². The summed E-state index contributed by atoms with van der Waals surface area (Å²) in [5, 5.41) is 3.22. The number of rotatable bonds is 6. The Morgan fingerprint density at radius 2 is 1.70 bits per heavy atom. The summed E-state index contributed by atoms with van der Waals surface area (Å²) in [5.41, 5.74) is 1.62. The Bertz CT molecular complexity index is 625. The van der Waals surface area contributed by atoms with Crippen molar-refractivity contribution in [2.24, 2.45) is 0 Å². The van der Waals surface area contributed by atoms with Crippen molar-refractivity contribution in [3.8, 4) is 11.5 Å². The molecule has 0 unspecified atom stereocenters. The molecule has 1 heterocycles. The second kappa shape index (κ2) is 8.93. The number of carbonyl (C=O) groups is 1. The van der Waals surface area contributed by atoms with Gasteiger partial charge in [-0.3, -0.25) is 4.79 Å². The molecule has 2 fully saturated rings. The summed E-state index contributed by atoms with van der Waals surface area (Å²) in [4.78, 5) is 14.5. The highest BCUT2D eigenvalue weighted by Gasteiger charge is 2.42. The Balaban J connectivity index is 1.74. The highest BCUT2D eigenvalue weighted by Crippen LogP contribution is 2.30. The van der Waals surface area contributed by atoms with Crippen molar-refractivity contribution in [2.45, 2.75) is 44.6 Å². The molecule has 0 aromatic heterocycles. The Labute approximate surface area is 162 Å². The number of carbonyl (C=O) groups excluding carboxylic acids is 1. The highest BCUT2D eigenvalue weighted by atomic mass is 16.5. The largest absolute Gasteiger partial charge is 0.496 e. The number of methoxy groups -OCH3 is 2. The maximum Gasteiger partial charge on any atom is 0.251 e. The lowest BCUT2D eigenvalue weighted by Crippen LogP contribution is -3.23. The quantitative estimate of drug-likeness (QED) is 0.786. The lowest BCUT2D eigenvalue weighted by Gasteiger charge is -2.45. The van der Waals surface area contributed by atoms with Crippen LogP contribution in [0.1, 0.15) is 48.0 Å². The predicted molar refractivity (Wildman–Crippen MR) is 104 cm³/mol. The molecule has 1 aromatic rings. The van der Waals surface area contributed by atoms with E-state index in [1.807, 2.05) is 6.92 Å². The van der Waals surface area contributed by atoms with E-state index in [1.165, 1.54) is 32.1 Å². The van der Waals surface area contributed by atoms with Crippen molar-refractivity contribution in [1.82, 2.24) is 5.32 Å². The molecule has 1 amide bonds. The minimum Gasteiger partial charge on any atom is -0.496 e. The van der Waals surface area contributed by atoms with E-state index < -0.39 is 0 Å². The molecule has 150 valence electrons. The van der Waals surface area contributed by atoms with E-state index in [4.69, 9.17) is 14.2 Å². The summed E-state index contributed by atoms with van der Waals surface area (Å²) in [6.45, 7) is 6.33. The SMILES string of the molecule is COc1cc(C(=O)NCC2([NH+]3CCOCC3)CCCCC2)cc(OC)c1C. The first-order valence-corrected chi connectivity index (χ1v) is 10.0. The Kier molecular flexibility index (Phi) is 6.60. The molecule has 1 aromatic carbocycles. The summed E-state index contributed by atoms with van der Waals surface area (Å²) in [7, 11) is 3.23. The summed E-state index contributed by atoms with van der Waals surface area (Å²) < 4.78 is 16.4. The number of quaternary nitrogens is 1. The van der Waals surface area contributed by atoms with Gasteiger partial charge < -0.3 is 24.4 Å². The van der Waals surface area contributed by atoms with Gasteiger partial charge in [-0.25, -0.2) is 0 Å². The van der Waals surface area contributed by atoms with Crippen molar-refractivity contribution in [2.75, 3.05) is 47.1 Å². The zero-order valence-corrected chi connectivity index (χ0v) is 16.9. The minimum atomic E-state index is -0.0655. The first kappa shape index (κ1) is 20.0. The molecule has 1 saturated heterocycles. The van der Waals surface area contributed by atoms with E-state index in [-0.39, 0.29) is 11.4 Å². The fourth-order valence-corrected chi connectivity index (χ4v) is 4.60. The van der Waals surface area contributed by atoms with Gasteiger partial charge in [0.15, 0.2) is 0 Å². The van der Waals surface area contributed by atoms with Crippen LogP contribution >= 0.6 is 0 Å². The van der Waals surface area contributed by atoms with Gasteiger partial charge in [0, 0.05) is 24.0 Å². The Hall–Kier alpha value is -1.79. The molecule has 2 aliphatic rings. The van der Waals surface area contributed by atoms with E-state index in [1.54, 1.807) is 31.3 Å². The molecule has 1 aliphatic heterocycles. The third kappa shape index (κ3) is 4.38. The van der Waals surface area contributed by atoms with Crippen LogP contribution in [0.4, 0.5) is 0 Å². The van der Waals surface area contributed by atoms with E-state index in [9.17, 15) is 4.79 Å². The summed E-state index contributed by atoms with van der Waals surface area (Å²) in [6.07, 6.45) is 6.12. The van der Waals surface area contributed by atoms with Crippen LogP contribution in [0.2, 0.25) is 0 Å². The number of hydrogen-bond donors (Lipinski definition) is 2. The highest BCUT2D eigenvalue weighted by molar-refractivity contribution is 5.95. The molecule has 1 saturated carbocycles. The molecule has 0 spiro atoms. The lowest BCUT2D eigenvalue weighted by molar-refractivity contribution is -0.960. The zero-order valence-electron chi connectivity index (χ0n) is 16.9. The maximum absolute atomic E-state index is 12.9. The molecule has 0 atom stereocenters. The second-order valence-electron chi connectivity index (χ2n) is 7.75. The van der Waals surface area contributed by atoms with Gasteiger partial charge in [-0.1, -0.05) is 6.42 Å². The van der Waals surface area contributed by atoms with Crippen molar-refractivity contribution in [3.63, 3.8) is 0 Å². The summed E-state index contributed by atoms with van der Waals surface area (Å²) >= 11 is 0. The lowest BCUT2D eigenvalue weighted by atomic mass is 9.79. The van der Waals surface area contributed by atoms with Crippen molar-refractivity contribution >= 4 is 5.91 Å². The topological polar surface area (TPSA) is 61.2 Å². The van der Waals surface area contributed by atoms with E-state index >= 15 is 0 Å². The van der Waals surface area contributed by atoms with Crippen molar-refractivity contribution in [3.05, 3.63) is 23.3 Å². The molecular weight excluding hydrogens is 344 g/mol. The standard InChI is InChI=1S/C21H32N2O4/c1-16-18(25-2)13-17(14-19(16)26-3)20(24)22-15-21(7-5-4-6-8-21)23-9-11-27-12-10-23/h13-14H,4-12,15H2,1-3H3,(H,22,24)/p+1. The minimum absolute atomic E-state index is 0.0655. The number of benzene rings is 1. The number of nitrogens with one attached hydrogen (secondary N) is 2. The molecule has 1 aliphatic carbocycles. The van der Waals surface area contributed by atoms with Crippen LogP contribution in [-0.2, 0) is 4.74 Å². The van der Waals surface area contributed by atoms with Crippen LogP contribution in [0, 0.1) is 6.92 Å². The van der Waals surface area contributed by atoms with Gasteiger partial charge in [0.05, 0.1) is 34.0 Å². The zero-order chi connectivity index (χ0) is 19.3. The molecule has 27 heavy (non-hydrogen) atoms. The van der Waals surface area contributed by atoms with Gasteiger partial charge in [-0.15, -0.1) is 0 Å². The molecule has 6 nitrogen and oxygen atoms in total. The fourth-order valence-electron chi connectivity index (χ4n) is 4.60. The molecule has 3 rings (SSSR count). The maximum atomic E-state index is 12.9. The van der Waals surface area contributed by atoms with E-state index in [2.05, 4.69) is 5.32 Å². The third-order valence-electron chi connectivity index (χ3n) is 6.26. The first-order chi connectivity index (χ1) is 13.1. The monoisotopic (exact) mass is 377 g/mol. The van der Waals surface area contributed by atoms with Crippen LogP contribution in [0.25, 0.3) is 0 Å². The number of amides is 1. The van der Waals surface area contributed by atoms with E-state index in [0.717, 1.165) is 31.9 Å². The van der Waals surface area contributed by atoms with Crippen LogP contribution in [0.5, 0.6) is 11.5 Å². The Morgan fingerprint density at radius 1 is 1.11 bits per heavy atom. The van der Waals surface area contributed by atoms with Gasteiger partial charge in [0.2, 0.25) is 0 Å². The van der Waals surface area contributed by atoms with Crippen LogP contribution in [-0.4, -0.2) is 58.5 Å².